The summed E-state index contributed by atoms with van der Waals surface area (Å²) in [5.74, 6) is -0.519. The fourth-order valence-corrected chi connectivity index (χ4v) is 1.74. The van der Waals surface area contributed by atoms with Gasteiger partial charge in [0.05, 0.1) is 5.92 Å². The van der Waals surface area contributed by atoms with E-state index in [1.165, 1.54) is 0 Å². The smallest absolute Gasteiger partial charge is 0.303 e. The van der Waals surface area contributed by atoms with Gasteiger partial charge in [0.2, 0.25) is 0 Å². The van der Waals surface area contributed by atoms with E-state index in [4.69, 9.17) is 0 Å². The molecule has 4 heteroatoms. The summed E-state index contributed by atoms with van der Waals surface area (Å²) in [6.45, 7) is 5.81. The Morgan fingerprint density at radius 3 is 2.43 bits per heavy atom. The van der Waals surface area contributed by atoms with Gasteiger partial charge in [-0.2, -0.15) is 13.2 Å². The van der Waals surface area contributed by atoms with Gasteiger partial charge < -0.3 is 4.90 Å². The molecule has 14 heavy (non-hydrogen) atoms. The summed E-state index contributed by atoms with van der Waals surface area (Å²) in [5.41, 5.74) is 0. The molecule has 0 spiro atoms. The molecule has 1 saturated heterocycles. The van der Waals surface area contributed by atoms with Gasteiger partial charge in [0.1, 0.15) is 0 Å². The number of alkyl halides is 3. The maximum Gasteiger partial charge on any atom is 0.393 e. The summed E-state index contributed by atoms with van der Waals surface area (Å²) in [5, 5.41) is 0. The van der Waals surface area contributed by atoms with Gasteiger partial charge in [0.25, 0.3) is 0 Å². The van der Waals surface area contributed by atoms with Gasteiger partial charge in [-0.15, -0.1) is 0 Å². The van der Waals surface area contributed by atoms with Crippen LogP contribution in [0.25, 0.3) is 0 Å². The molecule has 0 amide bonds. The average molecular weight is 209 g/mol. The van der Waals surface area contributed by atoms with E-state index in [-0.39, 0.29) is 13.0 Å². The number of likely N-dealkylation sites (tertiary alicyclic amines) is 1. The molecule has 0 aromatic heterocycles. The largest absolute Gasteiger partial charge is 0.393 e. The second-order valence-corrected chi connectivity index (χ2v) is 4.51. The fraction of sp³-hybridized carbons (Fsp3) is 1.00. The third kappa shape index (κ3) is 3.48. The number of halogens is 3. The van der Waals surface area contributed by atoms with Crippen LogP contribution in [0.4, 0.5) is 13.2 Å². The number of rotatable bonds is 3. The Hall–Kier alpha value is -0.250. The van der Waals surface area contributed by atoms with E-state index in [9.17, 15) is 13.2 Å². The van der Waals surface area contributed by atoms with E-state index in [0.29, 0.717) is 12.5 Å². The van der Waals surface area contributed by atoms with Crippen molar-refractivity contribution in [3.63, 3.8) is 0 Å². The number of hydrogen-bond acceptors (Lipinski definition) is 1. The molecule has 0 N–H and O–H groups in total. The molecule has 1 heterocycles. The Bertz CT molecular complexity index is 177. The Morgan fingerprint density at radius 2 is 2.00 bits per heavy atom. The molecule has 1 aliphatic heterocycles. The zero-order valence-electron chi connectivity index (χ0n) is 8.77. The first-order chi connectivity index (χ1) is 6.39. The quantitative estimate of drug-likeness (QED) is 0.690. The summed E-state index contributed by atoms with van der Waals surface area (Å²) in [6, 6.07) is 0. The highest BCUT2D eigenvalue weighted by atomic mass is 19.4. The molecule has 1 aliphatic rings. The zero-order valence-corrected chi connectivity index (χ0v) is 8.77. The van der Waals surface area contributed by atoms with Crippen molar-refractivity contribution < 1.29 is 13.2 Å². The second kappa shape index (κ2) is 4.51. The molecule has 0 aromatic carbocycles. The van der Waals surface area contributed by atoms with E-state index in [2.05, 4.69) is 13.8 Å². The van der Waals surface area contributed by atoms with E-state index < -0.39 is 12.1 Å². The number of hydrogen-bond donors (Lipinski definition) is 0. The molecule has 0 saturated carbocycles. The van der Waals surface area contributed by atoms with Gasteiger partial charge in [-0.1, -0.05) is 13.8 Å². The Kier molecular flexibility index (Phi) is 3.81. The Labute approximate surface area is 83.3 Å². The van der Waals surface area contributed by atoms with Crippen molar-refractivity contribution in [1.82, 2.24) is 4.90 Å². The van der Waals surface area contributed by atoms with E-state index in [0.717, 1.165) is 13.0 Å². The monoisotopic (exact) mass is 209 g/mol. The van der Waals surface area contributed by atoms with Crippen LogP contribution < -0.4 is 0 Å². The first kappa shape index (κ1) is 11.8. The van der Waals surface area contributed by atoms with Crippen LogP contribution in [0, 0.1) is 11.8 Å². The van der Waals surface area contributed by atoms with Crippen LogP contribution in [0.1, 0.15) is 26.7 Å². The lowest BCUT2D eigenvalue weighted by atomic mass is 10.1. The zero-order chi connectivity index (χ0) is 10.8. The Morgan fingerprint density at radius 1 is 1.36 bits per heavy atom. The van der Waals surface area contributed by atoms with Crippen molar-refractivity contribution in [3.05, 3.63) is 0 Å². The van der Waals surface area contributed by atoms with Gasteiger partial charge in [0.15, 0.2) is 0 Å². The van der Waals surface area contributed by atoms with Crippen molar-refractivity contribution in [2.45, 2.75) is 32.9 Å². The van der Waals surface area contributed by atoms with E-state index in [1.807, 2.05) is 4.90 Å². The molecule has 1 nitrogen and oxygen atoms in total. The molecule has 0 bridgehead atoms. The summed E-state index contributed by atoms with van der Waals surface area (Å²) in [7, 11) is 0. The lowest BCUT2D eigenvalue weighted by Gasteiger charge is -2.18. The molecule has 84 valence electrons. The van der Waals surface area contributed by atoms with Crippen LogP contribution in [0.2, 0.25) is 0 Å². The minimum absolute atomic E-state index is 0.205. The standard InChI is InChI=1S/C10H18F3N/c1-8(2)3-5-14-6-4-9(7-14)10(11,12)13/h8-9H,3-7H2,1-2H3. The third-order valence-electron chi connectivity index (χ3n) is 2.76. The van der Waals surface area contributed by atoms with E-state index >= 15 is 0 Å². The van der Waals surface area contributed by atoms with Crippen LogP contribution in [0.5, 0.6) is 0 Å². The lowest BCUT2D eigenvalue weighted by Crippen LogP contribution is -2.28. The molecular formula is C10H18F3N. The predicted molar refractivity (Wildman–Crippen MR) is 50.1 cm³/mol. The summed E-state index contributed by atoms with van der Waals surface area (Å²) in [4.78, 5) is 1.93. The molecular weight excluding hydrogens is 191 g/mol. The van der Waals surface area contributed by atoms with Crippen LogP contribution >= 0.6 is 0 Å². The van der Waals surface area contributed by atoms with E-state index in [1.54, 1.807) is 0 Å². The summed E-state index contributed by atoms with van der Waals surface area (Å²) >= 11 is 0. The van der Waals surface area contributed by atoms with Crippen LogP contribution in [0.3, 0.4) is 0 Å². The van der Waals surface area contributed by atoms with Crippen molar-refractivity contribution in [1.29, 1.82) is 0 Å². The molecule has 1 rings (SSSR count). The van der Waals surface area contributed by atoms with Crippen LogP contribution in [0.15, 0.2) is 0 Å². The summed E-state index contributed by atoms with van der Waals surface area (Å²) < 4.78 is 36.9. The van der Waals surface area contributed by atoms with Gasteiger partial charge in [-0.3, -0.25) is 0 Å². The molecule has 1 fully saturated rings. The van der Waals surface area contributed by atoms with Crippen molar-refractivity contribution in [3.8, 4) is 0 Å². The first-order valence-electron chi connectivity index (χ1n) is 5.18. The highest BCUT2D eigenvalue weighted by Crippen LogP contribution is 2.33. The maximum atomic E-state index is 12.3. The number of nitrogens with zero attached hydrogens (tertiary/aromatic N) is 1. The lowest BCUT2D eigenvalue weighted by molar-refractivity contribution is -0.170. The minimum Gasteiger partial charge on any atom is -0.303 e. The van der Waals surface area contributed by atoms with Crippen molar-refractivity contribution in [2.75, 3.05) is 19.6 Å². The van der Waals surface area contributed by atoms with Gasteiger partial charge in [-0.05, 0) is 31.8 Å². The molecule has 1 atom stereocenters. The maximum absolute atomic E-state index is 12.3. The summed E-state index contributed by atoms with van der Waals surface area (Å²) in [6.07, 6.45) is -2.72. The SMILES string of the molecule is CC(C)CCN1CCC(C(F)(F)F)C1. The van der Waals surface area contributed by atoms with Gasteiger partial charge in [0, 0.05) is 6.54 Å². The topological polar surface area (TPSA) is 3.24 Å². The highest BCUT2D eigenvalue weighted by Gasteiger charge is 2.43. The molecule has 0 radical (unpaired) electrons. The first-order valence-corrected chi connectivity index (χ1v) is 5.18. The molecule has 1 unspecified atom stereocenters. The Balaban J connectivity index is 2.27. The average Bonchev–Trinajstić information content (AvgIpc) is 2.47. The van der Waals surface area contributed by atoms with Crippen molar-refractivity contribution in [2.24, 2.45) is 11.8 Å². The highest BCUT2D eigenvalue weighted by molar-refractivity contribution is 4.80. The third-order valence-corrected chi connectivity index (χ3v) is 2.76. The predicted octanol–water partition coefficient (Wildman–Crippen LogP) is 2.92. The molecule has 0 aliphatic carbocycles. The minimum atomic E-state index is -3.99. The van der Waals surface area contributed by atoms with Crippen LogP contribution in [-0.4, -0.2) is 30.7 Å². The second-order valence-electron chi connectivity index (χ2n) is 4.51. The fourth-order valence-electron chi connectivity index (χ4n) is 1.74. The van der Waals surface area contributed by atoms with Crippen molar-refractivity contribution >= 4 is 0 Å². The van der Waals surface area contributed by atoms with Crippen LogP contribution in [-0.2, 0) is 0 Å². The van der Waals surface area contributed by atoms with Gasteiger partial charge >= 0.3 is 6.18 Å². The normalized spacial score (nSPS) is 24.9. The van der Waals surface area contributed by atoms with Gasteiger partial charge in [-0.25, -0.2) is 0 Å². The molecule has 0 aromatic rings.